The van der Waals surface area contributed by atoms with Crippen LogP contribution in [-0.2, 0) is 69.4 Å². The van der Waals surface area contributed by atoms with Gasteiger partial charge in [-0.15, -0.1) is 107 Å². The molecule has 1 fully saturated rings. The molecule has 0 radical (unpaired) electrons. The second kappa shape index (κ2) is 21.9. The molecule has 0 atom stereocenters. The summed E-state index contributed by atoms with van der Waals surface area (Å²) in [6, 6.07) is 55.0. The molecular weight excluding hydrogens is 1040 g/mol. The van der Waals surface area contributed by atoms with Crippen molar-refractivity contribution in [3.8, 4) is 44.9 Å². The fraction of sp³-hybridized carbons (Fsp3) is 0.328. The monoisotopic (exact) mass is 1110 g/mol. The van der Waals surface area contributed by atoms with Gasteiger partial charge in [0.05, 0.1) is 0 Å². The van der Waals surface area contributed by atoms with Gasteiger partial charge in [0, 0.05) is 24.1 Å². The number of aromatic nitrogens is 3. The predicted molar refractivity (Wildman–Crippen MR) is 290 cm³/mol. The first kappa shape index (κ1) is 45.1. The average Bonchev–Trinajstić information content (AvgIpc) is 3.90. The number of hydrogen-bond donors (Lipinski definition) is 0. The largest absolute Gasteiger partial charge is 3.00 e. The van der Waals surface area contributed by atoms with Crippen molar-refractivity contribution < 1.29 is 25.6 Å². The van der Waals surface area contributed by atoms with Crippen molar-refractivity contribution >= 4 is 0 Å². The summed E-state index contributed by atoms with van der Waals surface area (Å²) in [6.07, 6.45) is 9.61. The van der Waals surface area contributed by atoms with Gasteiger partial charge in [0.1, 0.15) is 0 Å². The summed E-state index contributed by atoms with van der Waals surface area (Å²) in [5.74, 6) is 1.97. The van der Waals surface area contributed by atoms with E-state index in [0.29, 0.717) is 35.9 Å². The minimum Gasteiger partial charge on any atom is -0.304 e. The molecule has 4 heteroatoms. The standard InChI is InChI=1S/C67H68N3.Ir/c1-46(2)50-22-24-52(25-23-50)53-26-29-54(30-27-53)62-40-65(58-31-28-51-18-13-19-57(51)39-58)68-43-59(62)21-20-47-36-48(41-66(3,4)60-32-34-63(69-44-60)55-14-9-7-10-15-55)38-49(37-47)42-67(5,6)61-33-35-64(70-45-61)56-16-11-8-12-17-56;/h7-12,14,16,26-30,32-40,43-46,50,52H,13,18-25,41-42H2,1-6H3;/q-3;+3/i20D2,21D2;. The maximum Gasteiger partial charge on any atom is 3.00 e. The molecule has 2 aliphatic rings. The Labute approximate surface area is 444 Å². The third-order valence-corrected chi connectivity index (χ3v) is 15.4. The molecule has 3 aromatic heterocycles. The summed E-state index contributed by atoms with van der Waals surface area (Å²) < 4.78 is 40.4. The van der Waals surface area contributed by atoms with Crippen molar-refractivity contribution in [2.24, 2.45) is 11.8 Å². The molecule has 2 aliphatic carbocycles. The zero-order valence-electron chi connectivity index (χ0n) is 46.2. The van der Waals surface area contributed by atoms with Crippen molar-refractivity contribution in [1.29, 1.82) is 0 Å². The Morgan fingerprint density at radius 3 is 1.70 bits per heavy atom. The van der Waals surface area contributed by atoms with Crippen LogP contribution in [0.15, 0.2) is 152 Å². The van der Waals surface area contributed by atoms with Crippen molar-refractivity contribution in [1.82, 2.24) is 15.0 Å². The van der Waals surface area contributed by atoms with Gasteiger partial charge in [0.15, 0.2) is 0 Å². The predicted octanol–water partition coefficient (Wildman–Crippen LogP) is 16.2. The Morgan fingerprint density at radius 1 is 0.577 bits per heavy atom. The third-order valence-electron chi connectivity index (χ3n) is 15.4. The molecule has 71 heavy (non-hydrogen) atoms. The van der Waals surface area contributed by atoms with Gasteiger partial charge in [-0.25, -0.2) is 0 Å². The number of hydrogen-bond acceptors (Lipinski definition) is 3. The van der Waals surface area contributed by atoms with Gasteiger partial charge in [-0.3, -0.25) is 0 Å². The zero-order valence-corrected chi connectivity index (χ0v) is 44.6. The Bertz CT molecular complexity index is 3100. The summed E-state index contributed by atoms with van der Waals surface area (Å²) in [6.45, 7) is 13.5. The van der Waals surface area contributed by atoms with Crippen LogP contribution in [0.2, 0.25) is 0 Å². The van der Waals surface area contributed by atoms with E-state index in [0.717, 1.165) is 81.1 Å². The van der Waals surface area contributed by atoms with Crippen LogP contribution in [0.5, 0.6) is 0 Å². The van der Waals surface area contributed by atoms with Crippen molar-refractivity contribution in [2.45, 2.75) is 129 Å². The first-order valence-corrected chi connectivity index (χ1v) is 25.6. The molecule has 5 aromatic carbocycles. The number of rotatable bonds is 15. The van der Waals surface area contributed by atoms with Gasteiger partial charge >= 0.3 is 20.1 Å². The molecule has 0 amide bonds. The minimum absolute atomic E-state index is 0. The van der Waals surface area contributed by atoms with E-state index in [1.807, 2.05) is 91.3 Å². The molecule has 360 valence electrons. The summed E-state index contributed by atoms with van der Waals surface area (Å²) >= 11 is 0. The molecule has 3 nitrogen and oxygen atoms in total. The summed E-state index contributed by atoms with van der Waals surface area (Å²) in [5.41, 5.74) is 14.2. The molecule has 0 unspecified atom stereocenters. The first-order valence-electron chi connectivity index (χ1n) is 27.6. The van der Waals surface area contributed by atoms with E-state index in [1.165, 1.54) is 42.4 Å². The number of benzene rings is 5. The van der Waals surface area contributed by atoms with Crippen LogP contribution in [-0.4, -0.2) is 15.0 Å². The van der Waals surface area contributed by atoms with Gasteiger partial charge < -0.3 is 15.0 Å². The van der Waals surface area contributed by atoms with Crippen molar-refractivity contribution in [3.63, 3.8) is 0 Å². The second-order valence-corrected chi connectivity index (χ2v) is 21.7. The number of nitrogens with zero attached hydrogens (tertiary/aromatic N) is 3. The van der Waals surface area contributed by atoms with Crippen molar-refractivity contribution in [2.75, 3.05) is 0 Å². The van der Waals surface area contributed by atoms with Gasteiger partial charge in [-0.1, -0.05) is 127 Å². The Kier molecular flexibility index (Phi) is 13.9. The van der Waals surface area contributed by atoms with Crippen LogP contribution in [0.1, 0.15) is 135 Å². The fourth-order valence-corrected chi connectivity index (χ4v) is 11.1. The fourth-order valence-electron chi connectivity index (χ4n) is 11.1. The average molecular weight is 1110 g/mol. The van der Waals surface area contributed by atoms with E-state index in [-0.39, 0.29) is 31.2 Å². The zero-order chi connectivity index (χ0) is 51.8. The maximum atomic E-state index is 10.1. The van der Waals surface area contributed by atoms with E-state index >= 15 is 0 Å². The number of aryl methyl sites for hydroxylation is 4. The molecule has 8 aromatic rings. The van der Waals surface area contributed by atoms with Gasteiger partial charge in [0.25, 0.3) is 0 Å². The number of pyridine rings is 3. The molecule has 0 aliphatic heterocycles. The molecular formula is C67H68IrN3. The topological polar surface area (TPSA) is 38.7 Å². The van der Waals surface area contributed by atoms with E-state index in [4.69, 9.17) is 15.0 Å². The van der Waals surface area contributed by atoms with Gasteiger partial charge in [-0.05, 0) is 153 Å². The van der Waals surface area contributed by atoms with Crippen molar-refractivity contribution in [3.05, 3.63) is 220 Å². The van der Waals surface area contributed by atoms with E-state index < -0.39 is 23.6 Å². The quantitative estimate of drug-likeness (QED) is 0.0961. The Hall–Kier alpha value is -5.80. The van der Waals surface area contributed by atoms with E-state index in [2.05, 4.69) is 114 Å². The molecule has 3 heterocycles. The summed E-state index contributed by atoms with van der Waals surface area (Å²) in [7, 11) is 0. The Morgan fingerprint density at radius 2 is 1.15 bits per heavy atom. The normalized spacial score (nSPS) is 17.1. The van der Waals surface area contributed by atoms with Crippen LogP contribution in [0.25, 0.3) is 44.9 Å². The van der Waals surface area contributed by atoms with Crippen LogP contribution < -0.4 is 0 Å². The summed E-state index contributed by atoms with van der Waals surface area (Å²) in [5, 5.41) is 0. The third kappa shape index (κ3) is 11.8. The van der Waals surface area contributed by atoms with Crippen LogP contribution >= 0.6 is 0 Å². The van der Waals surface area contributed by atoms with Gasteiger partial charge in [-0.2, -0.15) is 0 Å². The molecule has 0 saturated heterocycles. The van der Waals surface area contributed by atoms with Crippen LogP contribution in [0, 0.1) is 30.0 Å². The SMILES string of the molecule is [2H]C([2H])(c1cc(CC(C)(C)c2ccc(-c3[c-]cccc3)nc2)cc(CC(C)(C)c2ccc(-c3[c-]cccc3)nc2)c1)C([2H])([2H])c1cnc(-c2[c-]cc3c(c2)CCC3)cc1-c1ccc(C2CCC(C(C)C)CC2)cc1.[Ir+3]. The first-order chi connectivity index (χ1) is 35.4. The van der Waals surface area contributed by atoms with E-state index in [9.17, 15) is 5.48 Å². The molecule has 10 rings (SSSR count). The molecule has 0 N–H and O–H groups in total. The minimum atomic E-state index is -2.52. The van der Waals surface area contributed by atoms with Gasteiger partial charge in [0.2, 0.25) is 0 Å². The molecule has 1 saturated carbocycles. The smallest absolute Gasteiger partial charge is 0.304 e. The Balaban J connectivity index is 0.00000689. The second-order valence-electron chi connectivity index (χ2n) is 21.7. The van der Waals surface area contributed by atoms with Crippen LogP contribution in [0.3, 0.4) is 0 Å². The number of fused-ring (bicyclic) bond motifs is 1. The van der Waals surface area contributed by atoms with E-state index in [1.54, 1.807) is 6.20 Å². The molecule has 0 spiro atoms. The maximum absolute atomic E-state index is 10.1. The van der Waals surface area contributed by atoms with Crippen LogP contribution in [0.4, 0.5) is 0 Å². The molecule has 0 bridgehead atoms. The summed E-state index contributed by atoms with van der Waals surface area (Å²) in [4.78, 5) is 14.7.